The van der Waals surface area contributed by atoms with Crippen LogP contribution in [-0.2, 0) is 0 Å². The number of halogens is 1. The van der Waals surface area contributed by atoms with Crippen LogP contribution in [0.1, 0.15) is 20.0 Å². The van der Waals surface area contributed by atoms with Crippen molar-refractivity contribution < 1.29 is 14.0 Å². The van der Waals surface area contributed by atoms with Gasteiger partial charge in [0.15, 0.2) is 0 Å². The molecule has 0 unspecified atom stereocenters. The van der Waals surface area contributed by atoms with Crippen LogP contribution in [0.2, 0.25) is 0 Å². The summed E-state index contributed by atoms with van der Waals surface area (Å²) in [6.07, 6.45) is 0. The van der Waals surface area contributed by atoms with Gasteiger partial charge in [-0.05, 0) is 29.1 Å². The van der Waals surface area contributed by atoms with E-state index in [1.807, 2.05) is 36.4 Å². The number of carbonyl (C=O) groups excluding carboxylic acids is 2. The highest BCUT2D eigenvalue weighted by Crippen LogP contribution is 2.27. The minimum atomic E-state index is -0.709. The smallest absolute Gasteiger partial charge is 0.267 e. The van der Waals surface area contributed by atoms with Gasteiger partial charge in [0.05, 0.1) is 5.56 Å². The van der Waals surface area contributed by atoms with E-state index in [4.69, 9.17) is 0 Å². The van der Waals surface area contributed by atoms with E-state index < -0.39 is 17.6 Å². The topological polar surface area (TPSA) is 58.2 Å². The van der Waals surface area contributed by atoms with Crippen LogP contribution in [0.15, 0.2) is 66.0 Å². The van der Waals surface area contributed by atoms with E-state index in [9.17, 15) is 14.0 Å². The van der Waals surface area contributed by atoms with E-state index in [1.54, 1.807) is 11.4 Å². The molecule has 1 aromatic heterocycles. The highest BCUT2D eigenvalue weighted by atomic mass is 32.1. The molecule has 0 saturated heterocycles. The second-order valence-electron chi connectivity index (χ2n) is 4.92. The molecule has 0 atom stereocenters. The van der Waals surface area contributed by atoms with Crippen LogP contribution in [0.5, 0.6) is 0 Å². The average molecular weight is 340 g/mol. The molecule has 120 valence electrons. The molecule has 3 rings (SSSR count). The van der Waals surface area contributed by atoms with Gasteiger partial charge in [-0.2, -0.15) is 0 Å². The summed E-state index contributed by atoms with van der Waals surface area (Å²) < 4.78 is 13.6. The van der Waals surface area contributed by atoms with Gasteiger partial charge < -0.3 is 0 Å². The number of benzene rings is 2. The van der Waals surface area contributed by atoms with Crippen molar-refractivity contribution in [3.05, 3.63) is 82.3 Å². The molecule has 0 saturated carbocycles. The predicted molar refractivity (Wildman–Crippen MR) is 91.1 cm³/mol. The minimum absolute atomic E-state index is 0.132. The van der Waals surface area contributed by atoms with Gasteiger partial charge in [-0.1, -0.05) is 42.5 Å². The molecule has 0 spiro atoms. The van der Waals surface area contributed by atoms with Crippen molar-refractivity contribution in [3.63, 3.8) is 0 Å². The van der Waals surface area contributed by atoms with Crippen LogP contribution in [0.25, 0.3) is 11.1 Å². The second-order valence-corrected chi connectivity index (χ2v) is 5.83. The molecule has 0 fully saturated rings. The number of rotatable bonds is 3. The van der Waals surface area contributed by atoms with E-state index in [0.29, 0.717) is 4.88 Å². The van der Waals surface area contributed by atoms with Crippen LogP contribution in [0, 0.1) is 5.82 Å². The first kappa shape index (κ1) is 15.9. The first-order valence-electron chi connectivity index (χ1n) is 7.15. The normalized spacial score (nSPS) is 10.2. The van der Waals surface area contributed by atoms with Crippen molar-refractivity contribution >= 4 is 23.2 Å². The number of carbonyl (C=O) groups is 2. The molecular formula is C18H13FN2O2S. The first-order valence-corrected chi connectivity index (χ1v) is 8.03. The molecule has 24 heavy (non-hydrogen) atoms. The molecule has 0 bridgehead atoms. The first-order chi connectivity index (χ1) is 11.7. The summed E-state index contributed by atoms with van der Waals surface area (Å²) in [6.45, 7) is 0. The lowest BCUT2D eigenvalue weighted by Crippen LogP contribution is -2.41. The van der Waals surface area contributed by atoms with Crippen LogP contribution < -0.4 is 10.9 Å². The lowest BCUT2D eigenvalue weighted by molar-refractivity contribution is 0.0846. The maximum absolute atomic E-state index is 13.6. The summed E-state index contributed by atoms with van der Waals surface area (Å²) in [5, 5.41) is 1.80. The highest BCUT2D eigenvalue weighted by Gasteiger charge is 2.16. The lowest BCUT2D eigenvalue weighted by Gasteiger charge is -2.08. The summed E-state index contributed by atoms with van der Waals surface area (Å²) in [4.78, 5) is 24.7. The summed E-state index contributed by atoms with van der Waals surface area (Å²) in [6, 6.07) is 16.9. The molecule has 0 radical (unpaired) electrons. The van der Waals surface area contributed by atoms with Gasteiger partial charge in [0, 0.05) is 5.56 Å². The molecular weight excluding hydrogens is 327 g/mol. The Kier molecular flexibility index (Phi) is 4.67. The maximum Gasteiger partial charge on any atom is 0.280 e. The summed E-state index contributed by atoms with van der Waals surface area (Å²) in [5.41, 5.74) is 6.11. The monoisotopic (exact) mass is 340 g/mol. The zero-order valence-electron chi connectivity index (χ0n) is 12.5. The Morgan fingerprint density at radius 2 is 1.50 bits per heavy atom. The fourth-order valence-electron chi connectivity index (χ4n) is 2.21. The molecule has 2 amide bonds. The highest BCUT2D eigenvalue weighted by molar-refractivity contribution is 7.12. The molecule has 4 nitrogen and oxygen atoms in total. The fourth-order valence-corrected chi connectivity index (χ4v) is 3.02. The van der Waals surface area contributed by atoms with Gasteiger partial charge in [-0.25, -0.2) is 4.39 Å². The summed E-state index contributed by atoms with van der Waals surface area (Å²) >= 11 is 1.27. The molecule has 1 heterocycles. The molecule has 2 N–H and O–H groups in total. The van der Waals surface area contributed by atoms with E-state index in [2.05, 4.69) is 10.9 Å². The summed E-state index contributed by atoms with van der Waals surface area (Å²) in [5.74, 6) is -1.81. The Labute approximate surface area is 141 Å². The Morgan fingerprint density at radius 3 is 2.25 bits per heavy atom. The SMILES string of the molecule is O=C(NNC(=O)c1sccc1-c1ccccc1)c1ccccc1F. The van der Waals surface area contributed by atoms with Crippen molar-refractivity contribution in [2.75, 3.05) is 0 Å². The van der Waals surface area contributed by atoms with E-state index in [0.717, 1.165) is 11.1 Å². The zero-order chi connectivity index (χ0) is 16.9. The number of hydrogen-bond acceptors (Lipinski definition) is 3. The average Bonchev–Trinajstić information content (AvgIpc) is 3.10. The van der Waals surface area contributed by atoms with E-state index in [1.165, 1.54) is 29.5 Å². The van der Waals surface area contributed by atoms with Crippen LogP contribution in [0.3, 0.4) is 0 Å². The third-order valence-corrected chi connectivity index (χ3v) is 4.28. The van der Waals surface area contributed by atoms with Gasteiger partial charge in [0.2, 0.25) is 0 Å². The standard InChI is InChI=1S/C18H13FN2O2S/c19-15-9-5-4-8-14(15)17(22)20-21-18(23)16-13(10-11-24-16)12-6-2-1-3-7-12/h1-11H,(H,20,22)(H,21,23). The number of thiophene rings is 1. The number of amides is 2. The van der Waals surface area contributed by atoms with Gasteiger partial charge in [0.25, 0.3) is 11.8 Å². The Hall–Kier alpha value is -2.99. The number of nitrogens with one attached hydrogen (secondary N) is 2. The van der Waals surface area contributed by atoms with Gasteiger partial charge in [-0.15, -0.1) is 11.3 Å². The van der Waals surface area contributed by atoms with Crippen molar-refractivity contribution in [2.24, 2.45) is 0 Å². The molecule has 0 aliphatic carbocycles. The van der Waals surface area contributed by atoms with E-state index >= 15 is 0 Å². The number of hydrazine groups is 1. The van der Waals surface area contributed by atoms with Gasteiger partial charge in [-0.3, -0.25) is 20.4 Å². The largest absolute Gasteiger partial charge is 0.280 e. The Bertz CT molecular complexity index is 877. The Morgan fingerprint density at radius 1 is 0.833 bits per heavy atom. The Balaban J connectivity index is 1.72. The summed E-state index contributed by atoms with van der Waals surface area (Å²) in [7, 11) is 0. The van der Waals surface area contributed by atoms with Crippen LogP contribution >= 0.6 is 11.3 Å². The van der Waals surface area contributed by atoms with Crippen molar-refractivity contribution in [1.82, 2.24) is 10.9 Å². The van der Waals surface area contributed by atoms with Crippen molar-refractivity contribution in [3.8, 4) is 11.1 Å². The van der Waals surface area contributed by atoms with Crippen molar-refractivity contribution in [2.45, 2.75) is 0 Å². The second kappa shape index (κ2) is 7.06. The third kappa shape index (κ3) is 3.33. The molecule has 0 aliphatic heterocycles. The maximum atomic E-state index is 13.6. The van der Waals surface area contributed by atoms with E-state index in [-0.39, 0.29) is 5.56 Å². The zero-order valence-corrected chi connectivity index (χ0v) is 13.3. The predicted octanol–water partition coefficient (Wildman–Crippen LogP) is 3.63. The van der Waals surface area contributed by atoms with Crippen LogP contribution in [0.4, 0.5) is 4.39 Å². The minimum Gasteiger partial charge on any atom is -0.267 e. The molecule has 0 aliphatic rings. The van der Waals surface area contributed by atoms with Gasteiger partial charge in [0.1, 0.15) is 10.7 Å². The third-order valence-electron chi connectivity index (χ3n) is 3.36. The van der Waals surface area contributed by atoms with Crippen molar-refractivity contribution in [1.29, 1.82) is 0 Å². The molecule has 2 aromatic carbocycles. The van der Waals surface area contributed by atoms with Crippen LogP contribution in [-0.4, -0.2) is 11.8 Å². The quantitative estimate of drug-likeness (QED) is 0.715. The fraction of sp³-hybridized carbons (Fsp3) is 0. The number of hydrogen-bond donors (Lipinski definition) is 2. The molecule has 6 heteroatoms. The molecule has 3 aromatic rings. The van der Waals surface area contributed by atoms with Gasteiger partial charge >= 0.3 is 0 Å². The lowest BCUT2D eigenvalue weighted by atomic mass is 10.1.